The Labute approximate surface area is 102 Å². The van der Waals surface area contributed by atoms with Crippen molar-refractivity contribution in [2.24, 2.45) is 5.73 Å². The summed E-state index contributed by atoms with van der Waals surface area (Å²) in [6.45, 7) is 1.89. The number of nitrogens with two attached hydrogens (primary N) is 1. The number of hydrogen-bond donors (Lipinski definition) is 1. The highest BCUT2D eigenvalue weighted by molar-refractivity contribution is 5.79. The van der Waals surface area contributed by atoms with Crippen molar-refractivity contribution in [3.63, 3.8) is 0 Å². The van der Waals surface area contributed by atoms with Crippen LogP contribution in [-0.4, -0.2) is 34.9 Å². The van der Waals surface area contributed by atoms with Crippen molar-refractivity contribution in [3.05, 3.63) is 30.1 Å². The van der Waals surface area contributed by atoms with Gasteiger partial charge in [-0.3, -0.25) is 14.7 Å². The second-order valence-electron chi connectivity index (χ2n) is 4.56. The maximum absolute atomic E-state index is 11.3. The number of pyridine rings is 1. The number of primary amides is 1. The topological polar surface area (TPSA) is 59.2 Å². The van der Waals surface area contributed by atoms with Crippen LogP contribution in [0.1, 0.15) is 24.8 Å². The fourth-order valence-corrected chi connectivity index (χ4v) is 2.40. The van der Waals surface area contributed by atoms with E-state index in [-0.39, 0.29) is 11.9 Å². The van der Waals surface area contributed by atoms with Gasteiger partial charge in [-0.05, 0) is 43.5 Å². The van der Waals surface area contributed by atoms with Gasteiger partial charge in [-0.1, -0.05) is 6.42 Å². The maximum atomic E-state index is 11.3. The monoisotopic (exact) mass is 233 g/mol. The molecule has 4 nitrogen and oxygen atoms in total. The number of piperidine rings is 1. The lowest BCUT2D eigenvalue weighted by Crippen LogP contribution is -2.48. The summed E-state index contributed by atoms with van der Waals surface area (Å²) < 4.78 is 0. The first-order valence-electron chi connectivity index (χ1n) is 6.19. The van der Waals surface area contributed by atoms with Crippen LogP contribution in [0.15, 0.2) is 24.5 Å². The fourth-order valence-electron chi connectivity index (χ4n) is 2.40. The van der Waals surface area contributed by atoms with Crippen LogP contribution >= 0.6 is 0 Å². The zero-order chi connectivity index (χ0) is 12.1. The van der Waals surface area contributed by atoms with Gasteiger partial charge in [-0.25, -0.2) is 0 Å². The van der Waals surface area contributed by atoms with E-state index in [1.807, 2.05) is 12.1 Å². The second-order valence-corrected chi connectivity index (χ2v) is 4.56. The van der Waals surface area contributed by atoms with Gasteiger partial charge < -0.3 is 5.73 Å². The summed E-state index contributed by atoms with van der Waals surface area (Å²) in [6, 6.07) is 3.97. The highest BCUT2D eigenvalue weighted by Gasteiger charge is 2.26. The first-order chi connectivity index (χ1) is 8.27. The molecule has 1 aromatic rings. The predicted molar refractivity (Wildman–Crippen MR) is 66.3 cm³/mol. The van der Waals surface area contributed by atoms with Crippen LogP contribution in [0.4, 0.5) is 0 Å². The highest BCUT2D eigenvalue weighted by atomic mass is 16.1. The van der Waals surface area contributed by atoms with Crippen LogP contribution in [0.5, 0.6) is 0 Å². The van der Waals surface area contributed by atoms with Crippen LogP contribution < -0.4 is 5.73 Å². The molecule has 1 aliphatic rings. The summed E-state index contributed by atoms with van der Waals surface area (Å²) in [5, 5.41) is 0. The third kappa shape index (κ3) is 3.27. The average molecular weight is 233 g/mol. The maximum Gasteiger partial charge on any atom is 0.234 e. The molecule has 1 aliphatic heterocycles. The quantitative estimate of drug-likeness (QED) is 0.842. The minimum atomic E-state index is -0.181. The van der Waals surface area contributed by atoms with Crippen molar-refractivity contribution in [2.75, 3.05) is 13.1 Å². The molecule has 0 aliphatic carbocycles. The van der Waals surface area contributed by atoms with Crippen molar-refractivity contribution in [1.82, 2.24) is 9.88 Å². The minimum Gasteiger partial charge on any atom is -0.368 e. The van der Waals surface area contributed by atoms with Crippen molar-refractivity contribution in [1.29, 1.82) is 0 Å². The molecule has 2 rings (SSSR count). The van der Waals surface area contributed by atoms with Crippen molar-refractivity contribution in [3.8, 4) is 0 Å². The lowest BCUT2D eigenvalue weighted by molar-refractivity contribution is -0.124. The van der Waals surface area contributed by atoms with E-state index in [2.05, 4.69) is 9.88 Å². The Balaban J connectivity index is 1.90. The molecule has 1 saturated heterocycles. The van der Waals surface area contributed by atoms with Gasteiger partial charge in [-0.2, -0.15) is 0 Å². The van der Waals surface area contributed by atoms with Gasteiger partial charge in [0, 0.05) is 18.9 Å². The molecular weight excluding hydrogens is 214 g/mol. The molecule has 1 aromatic heterocycles. The van der Waals surface area contributed by atoms with Crippen LogP contribution in [-0.2, 0) is 11.2 Å². The molecule has 2 N–H and O–H groups in total. The fraction of sp³-hybridized carbons (Fsp3) is 0.538. The standard InChI is InChI=1S/C13H19N3O/c14-13(17)12-3-1-2-9-16(12)10-6-11-4-7-15-8-5-11/h4-5,7-8,12H,1-3,6,9-10H2,(H2,14,17). The summed E-state index contributed by atoms with van der Waals surface area (Å²) in [5.41, 5.74) is 6.69. The molecule has 4 heteroatoms. The van der Waals surface area contributed by atoms with Gasteiger partial charge in [0.1, 0.15) is 0 Å². The SMILES string of the molecule is NC(=O)C1CCCCN1CCc1ccncc1. The molecule has 0 aromatic carbocycles. The Kier molecular flexibility index (Phi) is 4.09. The molecule has 0 radical (unpaired) electrons. The third-order valence-corrected chi connectivity index (χ3v) is 3.38. The molecule has 92 valence electrons. The minimum absolute atomic E-state index is 0.0643. The van der Waals surface area contributed by atoms with E-state index in [1.165, 1.54) is 12.0 Å². The Morgan fingerprint density at radius 1 is 1.41 bits per heavy atom. The summed E-state index contributed by atoms with van der Waals surface area (Å²) in [5.74, 6) is -0.181. The molecule has 1 fully saturated rings. The Morgan fingerprint density at radius 2 is 2.18 bits per heavy atom. The number of likely N-dealkylation sites (tertiary alicyclic amines) is 1. The molecule has 1 atom stereocenters. The highest BCUT2D eigenvalue weighted by Crippen LogP contribution is 2.17. The van der Waals surface area contributed by atoms with Crippen LogP contribution in [0, 0.1) is 0 Å². The van der Waals surface area contributed by atoms with Crippen molar-refractivity contribution >= 4 is 5.91 Å². The lowest BCUT2D eigenvalue weighted by Gasteiger charge is -2.33. The third-order valence-electron chi connectivity index (χ3n) is 3.38. The second kappa shape index (κ2) is 5.77. The molecule has 0 spiro atoms. The molecule has 2 heterocycles. The number of nitrogens with zero attached hydrogens (tertiary/aromatic N) is 2. The van der Waals surface area contributed by atoms with Gasteiger partial charge in [0.15, 0.2) is 0 Å². The Morgan fingerprint density at radius 3 is 2.88 bits per heavy atom. The number of amides is 1. The summed E-state index contributed by atoms with van der Waals surface area (Å²) in [4.78, 5) is 17.6. The van der Waals surface area contributed by atoms with E-state index in [9.17, 15) is 4.79 Å². The van der Waals surface area contributed by atoms with Gasteiger partial charge in [0.05, 0.1) is 6.04 Å². The normalized spacial score (nSPS) is 21.3. The summed E-state index contributed by atoms with van der Waals surface area (Å²) >= 11 is 0. The van der Waals surface area contributed by atoms with E-state index in [0.29, 0.717) is 0 Å². The Hall–Kier alpha value is -1.42. The van der Waals surface area contributed by atoms with Crippen LogP contribution in [0.2, 0.25) is 0 Å². The number of carbonyl (C=O) groups is 1. The Bertz CT molecular complexity index is 366. The van der Waals surface area contributed by atoms with Gasteiger partial charge in [0.25, 0.3) is 0 Å². The van der Waals surface area contributed by atoms with Gasteiger partial charge in [0.2, 0.25) is 5.91 Å². The molecule has 0 saturated carbocycles. The first-order valence-corrected chi connectivity index (χ1v) is 6.19. The van der Waals surface area contributed by atoms with E-state index >= 15 is 0 Å². The van der Waals surface area contributed by atoms with Crippen LogP contribution in [0.25, 0.3) is 0 Å². The molecule has 17 heavy (non-hydrogen) atoms. The first kappa shape index (κ1) is 12.0. The molecular formula is C13H19N3O. The zero-order valence-corrected chi connectivity index (χ0v) is 10.0. The van der Waals surface area contributed by atoms with E-state index in [4.69, 9.17) is 5.73 Å². The number of rotatable bonds is 4. The predicted octanol–water partition coefficient (Wildman–Crippen LogP) is 0.964. The molecule has 0 bridgehead atoms. The average Bonchev–Trinajstić information content (AvgIpc) is 2.38. The summed E-state index contributed by atoms with van der Waals surface area (Å²) in [7, 11) is 0. The number of carbonyl (C=O) groups excluding carboxylic acids is 1. The lowest BCUT2D eigenvalue weighted by atomic mass is 10.0. The van der Waals surface area contributed by atoms with E-state index in [1.54, 1.807) is 12.4 Å². The number of aromatic nitrogens is 1. The summed E-state index contributed by atoms with van der Waals surface area (Å²) in [6.07, 6.45) is 7.74. The van der Waals surface area contributed by atoms with E-state index < -0.39 is 0 Å². The molecule has 1 unspecified atom stereocenters. The largest absolute Gasteiger partial charge is 0.368 e. The smallest absolute Gasteiger partial charge is 0.234 e. The van der Waals surface area contributed by atoms with Crippen molar-refractivity contribution in [2.45, 2.75) is 31.7 Å². The number of hydrogen-bond acceptors (Lipinski definition) is 3. The van der Waals surface area contributed by atoms with Gasteiger partial charge in [-0.15, -0.1) is 0 Å². The van der Waals surface area contributed by atoms with Crippen molar-refractivity contribution < 1.29 is 4.79 Å². The van der Waals surface area contributed by atoms with Crippen LogP contribution in [0.3, 0.4) is 0 Å². The zero-order valence-electron chi connectivity index (χ0n) is 10.0. The van der Waals surface area contributed by atoms with Gasteiger partial charge >= 0.3 is 0 Å². The molecule has 1 amide bonds. The van der Waals surface area contributed by atoms with E-state index in [0.717, 1.165) is 32.4 Å².